The van der Waals surface area contributed by atoms with Crippen molar-refractivity contribution >= 4 is 34.2 Å². The maximum Gasteiger partial charge on any atom is 0.280 e. The number of hydrogen-bond acceptors (Lipinski definition) is 2. The third kappa shape index (κ3) is 2.52. The molecule has 0 spiro atoms. The van der Waals surface area contributed by atoms with E-state index in [-0.39, 0.29) is 18.2 Å². The van der Waals surface area contributed by atoms with Crippen LogP contribution in [-0.4, -0.2) is 10.1 Å². The Labute approximate surface area is 98.4 Å². The Hall–Kier alpha value is -0.0100. The van der Waals surface area contributed by atoms with Crippen LogP contribution < -0.4 is 0 Å². The van der Waals surface area contributed by atoms with Crippen molar-refractivity contribution in [2.75, 3.05) is 0 Å². The number of pyridine rings is 1. The largest absolute Gasteiger partial charge is 0.392 e. The highest BCUT2D eigenvalue weighted by Gasteiger charge is 2.15. The van der Waals surface area contributed by atoms with Crippen molar-refractivity contribution < 1.29 is 13.9 Å². The van der Waals surface area contributed by atoms with Crippen LogP contribution in [0.15, 0.2) is 6.07 Å². The van der Waals surface area contributed by atoms with E-state index in [0.717, 1.165) is 0 Å². The van der Waals surface area contributed by atoms with Crippen LogP contribution in [-0.2, 0) is 12.5 Å². The molecule has 0 radical (unpaired) electrons. The number of aliphatic hydroxyl groups excluding tert-OH is 1. The van der Waals surface area contributed by atoms with Crippen molar-refractivity contribution in [3.63, 3.8) is 0 Å². The van der Waals surface area contributed by atoms with E-state index in [1.807, 2.05) is 0 Å². The van der Waals surface area contributed by atoms with Gasteiger partial charge in [0, 0.05) is 11.4 Å². The zero-order chi connectivity index (χ0) is 10.7. The minimum absolute atomic E-state index is 0.0914. The van der Waals surface area contributed by atoms with Gasteiger partial charge in [0.05, 0.1) is 6.61 Å². The maximum absolute atomic E-state index is 12.3. The summed E-state index contributed by atoms with van der Waals surface area (Å²) in [6.07, 6.45) is -2.61. The summed E-state index contributed by atoms with van der Waals surface area (Å²) < 4.78 is 25.0. The molecule has 1 rings (SSSR count). The summed E-state index contributed by atoms with van der Waals surface area (Å²) in [5.74, 6) is 0.0914. The highest BCUT2D eigenvalue weighted by Crippen LogP contribution is 2.24. The second kappa shape index (κ2) is 5.18. The number of alkyl halides is 3. The van der Waals surface area contributed by atoms with Gasteiger partial charge in [-0.2, -0.15) is 0 Å². The van der Waals surface area contributed by atoms with Crippen molar-refractivity contribution in [2.24, 2.45) is 0 Å². The molecule has 14 heavy (non-hydrogen) atoms. The smallest absolute Gasteiger partial charge is 0.280 e. The van der Waals surface area contributed by atoms with E-state index in [0.29, 0.717) is 14.8 Å². The lowest BCUT2D eigenvalue weighted by Crippen LogP contribution is -2.02. The van der Waals surface area contributed by atoms with Crippen molar-refractivity contribution in [2.45, 2.75) is 18.9 Å². The Balaban J connectivity index is 3.24. The standard InChI is InChI=1S/C8H7ClF2INO/c9-2-4-1-6(7(10)11)13-8(12)5(4)3-14/h1,7,14H,2-3H2. The molecule has 1 aromatic rings. The Morgan fingerprint density at radius 1 is 1.57 bits per heavy atom. The van der Waals surface area contributed by atoms with Crippen LogP contribution in [0.25, 0.3) is 0 Å². The molecule has 0 aliphatic rings. The van der Waals surface area contributed by atoms with Gasteiger partial charge in [-0.1, -0.05) is 0 Å². The topological polar surface area (TPSA) is 33.1 Å². The summed E-state index contributed by atoms with van der Waals surface area (Å²) in [4.78, 5) is 3.67. The third-order valence-electron chi connectivity index (χ3n) is 1.71. The number of nitrogens with zero attached hydrogens (tertiary/aromatic N) is 1. The third-order valence-corrected chi connectivity index (χ3v) is 2.89. The monoisotopic (exact) mass is 333 g/mol. The van der Waals surface area contributed by atoms with Crippen molar-refractivity contribution in [3.8, 4) is 0 Å². The molecule has 78 valence electrons. The van der Waals surface area contributed by atoms with Gasteiger partial charge in [0.15, 0.2) is 0 Å². The summed E-state index contributed by atoms with van der Waals surface area (Å²) >= 11 is 7.38. The van der Waals surface area contributed by atoms with Gasteiger partial charge in [0.2, 0.25) is 0 Å². The summed E-state index contributed by atoms with van der Waals surface area (Å²) in [7, 11) is 0. The van der Waals surface area contributed by atoms with Gasteiger partial charge < -0.3 is 5.11 Å². The van der Waals surface area contributed by atoms with Crippen LogP contribution >= 0.6 is 34.2 Å². The molecule has 0 unspecified atom stereocenters. The lowest BCUT2D eigenvalue weighted by atomic mass is 10.1. The van der Waals surface area contributed by atoms with Gasteiger partial charge >= 0.3 is 0 Å². The summed E-state index contributed by atoms with van der Waals surface area (Å²) in [5.41, 5.74) is 0.719. The lowest BCUT2D eigenvalue weighted by Gasteiger charge is -2.08. The van der Waals surface area contributed by atoms with E-state index in [1.165, 1.54) is 6.07 Å². The fourth-order valence-electron chi connectivity index (χ4n) is 1.01. The predicted molar refractivity (Wildman–Crippen MR) is 57.4 cm³/mol. The molecule has 0 aliphatic heterocycles. The number of rotatable bonds is 3. The maximum atomic E-state index is 12.3. The van der Waals surface area contributed by atoms with E-state index < -0.39 is 6.43 Å². The van der Waals surface area contributed by atoms with Gasteiger partial charge in [-0.05, 0) is 34.2 Å². The lowest BCUT2D eigenvalue weighted by molar-refractivity contribution is 0.145. The molecule has 0 aliphatic carbocycles. The zero-order valence-corrected chi connectivity index (χ0v) is 9.89. The molecular formula is C8H7ClF2INO. The molecule has 1 N–H and O–H groups in total. The van der Waals surface area contributed by atoms with Crippen molar-refractivity contribution in [3.05, 3.63) is 26.6 Å². The van der Waals surface area contributed by atoms with E-state index in [2.05, 4.69) is 4.98 Å². The normalized spacial score (nSPS) is 11.0. The second-order valence-electron chi connectivity index (χ2n) is 2.57. The quantitative estimate of drug-likeness (QED) is 0.524. The molecule has 6 heteroatoms. The van der Waals surface area contributed by atoms with Crippen molar-refractivity contribution in [1.82, 2.24) is 4.98 Å². The number of halogens is 4. The van der Waals surface area contributed by atoms with Gasteiger partial charge in [0.25, 0.3) is 6.43 Å². The first-order valence-electron chi connectivity index (χ1n) is 3.73. The average Bonchev–Trinajstić information content (AvgIpc) is 2.16. The van der Waals surface area contributed by atoms with Crippen LogP contribution in [0.3, 0.4) is 0 Å². The van der Waals surface area contributed by atoms with Gasteiger partial charge in [-0.3, -0.25) is 0 Å². The van der Waals surface area contributed by atoms with Crippen LogP contribution in [0.5, 0.6) is 0 Å². The minimum Gasteiger partial charge on any atom is -0.392 e. The first-order chi connectivity index (χ1) is 6.60. The highest BCUT2D eigenvalue weighted by atomic mass is 127. The summed E-state index contributed by atoms with van der Waals surface area (Å²) in [6.45, 7) is -0.239. The minimum atomic E-state index is -2.61. The number of aromatic nitrogens is 1. The van der Waals surface area contributed by atoms with Crippen molar-refractivity contribution in [1.29, 1.82) is 0 Å². The molecule has 0 saturated carbocycles. The molecular weight excluding hydrogens is 326 g/mol. The molecule has 2 nitrogen and oxygen atoms in total. The number of aliphatic hydroxyl groups is 1. The number of hydrogen-bond donors (Lipinski definition) is 1. The van der Waals surface area contributed by atoms with Gasteiger partial charge in [0.1, 0.15) is 9.39 Å². The molecule has 0 aromatic carbocycles. The highest BCUT2D eigenvalue weighted by molar-refractivity contribution is 14.1. The molecule has 0 fully saturated rings. The second-order valence-corrected chi connectivity index (χ2v) is 3.86. The molecule has 0 saturated heterocycles. The first-order valence-corrected chi connectivity index (χ1v) is 5.34. The molecule has 0 bridgehead atoms. The fraction of sp³-hybridized carbons (Fsp3) is 0.375. The molecule has 0 amide bonds. The predicted octanol–water partition coefficient (Wildman–Crippen LogP) is 2.85. The average molecular weight is 334 g/mol. The summed E-state index contributed by atoms with van der Waals surface area (Å²) in [5, 5.41) is 8.97. The zero-order valence-electron chi connectivity index (χ0n) is 6.98. The van der Waals surface area contributed by atoms with Crippen LogP contribution in [0, 0.1) is 3.70 Å². The van der Waals surface area contributed by atoms with E-state index in [9.17, 15) is 8.78 Å². The Kier molecular flexibility index (Phi) is 4.46. The molecule has 0 atom stereocenters. The van der Waals surface area contributed by atoms with Crippen LogP contribution in [0.1, 0.15) is 23.2 Å². The van der Waals surface area contributed by atoms with E-state index in [1.54, 1.807) is 22.6 Å². The van der Waals surface area contributed by atoms with Crippen LogP contribution in [0.4, 0.5) is 8.78 Å². The molecule has 1 heterocycles. The summed E-state index contributed by atoms with van der Waals surface area (Å²) in [6, 6.07) is 1.23. The molecule has 1 aromatic heterocycles. The fourth-order valence-corrected chi connectivity index (χ4v) is 2.04. The van der Waals surface area contributed by atoms with E-state index >= 15 is 0 Å². The Morgan fingerprint density at radius 3 is 2.64 bits per heavy atom. The first kappa shape index (κ1) is 12.1. The van der Waals surface area contributed by atoms with Crippen LogP contribution in [0.2, 0.25) is 0 Å². The van der Waals surface area contributed by atoms with Gasteiger partial charge in [-0.25, -0.2) is 13.8 Å². The van der Waals surface area contributed by atoms with E-state index in [4.69, 9.17) is 16.7 Å². The van der Waals surface area contributed by atoms with Gasteiger partial charge in [-0.15, -0.1) is 11.6 Å². The Bertz CT molecular complexity index is 335. The SMILES string of the molecule is OCc1c(CCl)cc(C(F)F)nc1I. The Morgan fingerprint density at radius 2 is 2.21 bits per heavy atom.